The van der Waals surface area contributed by atoms with E-state index in [1.165, 1.54) is 0 Å². The first kappa shape index (κ1) is 17.0. The zero-order chi connectivity index (χ0) is 18.0. The fourth-order valence-corrected chi connectivity index (χ4v) is 2.88. The minimum atomic E-state index is 0.671. The van der Waals surface area contributed by atoms with E-state index in [1.807, 2.05) is 38.4 Å². The van der Waals surface area contributed by atoms with Gasteiger partial charge in [0.05, 0.1) is 25.8 Å². The first-order chi connectivity index (χ1) is 12.1. The van der Waals surface area contributed by atoms with Gasteiger partial charge in [0.25, 0.3) is 0 Å². The predicted octanol–water partition coefficient (Wildman–Crippen LogP) is 2.72. The molecular weight excluding hydrogens is 318 g/mol. The minimum absolute atomic E-state index is 0.671. The summed E-state index contributed by atoms with van der Waals surface area (Å²) in [5.41, 5.74) is 1.90. The molecule has 0 N–H and O–H groups in total. The first-order valence-corrected chi connectivity index (χ1v) is 8.19. The van der Waals surface area contributed by atoms with E-state index in [2.05, 4.69) is 26.9 Å². The summed E-state index contributed by atoms with van der Waals surface area (Å²) >= 11 is 0. The summed E-state index contributed by atoms with van der Waals surface area (Å²) in [6, 6.07) is 5.86. The van der Waals surface area contributed by atoms with Crippen LogP contribution in [0.3, 0.4) is 0 Å². The number of hydrogen-bond acceptors (Lipinski definition) is 6. The van der Waals surface area contributed by atoms with Gasteiger partial charge in [0, 0.05) is 31.8 Å². The monoisotopic (exact) mass is 341 g/mol. The molecule has 0 radical (unpaired) electrons. The lowest BCUT2D eigenvalue weighted by atomic mass is 10.1. The second kappa shape index (κ2) is 6.96. The van der Waals surface area contributed by atoms with Crippen LogP contribution < -0.4 is 14.4 Å². The molecule has 3 rings (SSSR count). The number of methoxy groups -OCH3 is 2. The van der Waals surface area contributed by atoms with Crippen LogP contribution in [-0.2, 0) is 13.6 Å². The number of fused-ring (bicyclic) bond motifs is 1. The summed E-state index contributed by atoms with van der Waals surface area (Å²) in [6.07, 6.45) is 1.82. The lowest BCUT2D eigenvalue weighted by Crippen LogP contribution is -2.24. The highest BCUT2D eigenvalue weighted by atomic mass is 16.5. The van der Waals surface area contributed by atoms with Gasteiger partial charge in [-0.3, -0.25) is 4.68 Å². The number of ether oxygens (including phenoxy) is 2. The first-order valence-electron chi connectivity index (χ1n) is 8.19. The highest BCUT2D eigenvalue weighted by molar-refractivity contribution is 5.87. The van der Waals surface area contributed by atoms with Crippen LogP contribution in [0.25, 0.3) is 11.0 Å². The van der Waals surface area contributed by atoms with E-state index in [9.17, 15) is 0 Å². The molecule has 0 atom stereocenters. The summed E-state index contributed by atoms with van der Waals surface area (Å²) in [5, 5.41) is 5.27. The smallest absolute Gasteiger partial charge is 0.163 e. The van der Waals surface area contributed by atoms with Crippen molar-refractivity contribution in [2.75, 3.05) is 25.7 Å². The van der Waals surface area contributed by atoms with E-state index in [0.29, 0.717) is 6.54 Å². The Labute approximate surface area is 147 Å². The molecule has 0 unspecified atom stereocenters. The molecule has 0 saturated carbocycles. The molecule has 0 aliphatic rings. The molecule has 3 aromatic rings. The molecule has 25 heavy (non-hydrogen) atoms. The van der Waals surface area contributed by atoms with Crippen molar-refractivity contribution >= 4 is 16.9 Å². The Bertz CT molecular complexity index is 891. The maximum Gasteiger partial charge on any atom is 0.163 e. The van der Waals surface area contributed by atoms with Crippen molar-refractivity contribution in [2.24, 2.45) is 7.05 Å². The molecular formula is C18H23N5O2. The SMILES string of the molecule is CCN(Cc1ccc(OC)cc1OC)c1nc(C)nc2c1cnn2C. The Kier molecular flexibility index (Phi) is 4.74. The molecule has 0 aliphatic heterocycles. The maximum atomic E-state index is 5.53. The van der Waals surface area contributed by atoms with Gasteiger partial charge in [0.1, 0.15) is 23.1 Å². The molecule has 2 aromatic heterocycles. The molecule has 0 aliphatic carbocycles. The second-order valence-corrected chi connectivity index (χ2v) is 5.79. The molecule has 0 spiro atoms. The fraction of sp³-hybridized carbons (Fsp3) is 0.389. The van der Waals surface area contributed by atoms with Crippen LogP contribution in [0.2, 0.25) is 0 Å². The zero-order valence-electron chi connectivity index (χ0n) is 15.3. The van der Waals surface area contributed by atoms with Crippen LogP contribution in [0, 0.1) is 6.92 Å². The van der Waals surface area contributed by atoms with Gasteiger partial charge < -0.3 is 14.4 Å². The van der Waals surface area contributed by atoms with Crippen molar-refractivity contribution < 1.29 is 9.47 Å². The third-order valence-electron chi connectivity index (χ3n) is 4.22. The summed E-state index contributed by atoms with van der Waals surface area (Å²) in [5.74, 6) is 3.18. The fourth-order valence-electron chi connectivity index (χ4n) is 2.88. The summed E-state index contributed by atoms with van der Waals surface area (Å²) in [7, 11) is 5.21. The average molecular weight is 341 g/mol. The Morgan fingerprint density at radius 2 is 1.96 bits per heavy atom. The lowest BCUT2D eigenvalue weighted by Gasteiger charge is -2.24. The van der Waals surface area contributed by atoms with Crippen LogP contribution >= 0.6 is 0 Å². The molecule has 1 aromatic carbocycles. The second-order valence-electron chi connectivity index (χ2n) is 5.79. The van der Waals surface area contributed by atoms with Crippen molar-refractivity contribution in [1.29, 1.82) is 0 Å². The van der Waals surface area contributed by atoms with Crippen LogP contribution in [0.15, 0.2) is 24.4 Å². The van der Waals surface area contributed by atoms with Gasteiger partial charge in [0.2, 0.25) is 0 Å². The van der Waals surface area contributed by atoms with Crippen LogP contribution in [-0.4, -0.2) is 40.5 Å². The number of rotatable bonds is 6. The van der Waals surface area contributed by atoms with Crippen molar-refractivity contribution in [2.45, 2.75) is 20.4 Å². The molecule has 132 valence electrons. The van der Waals surface area contributed by atoms with Gasteiger partial charge in [-0.15, -0.1) is 0 Å². The lowest BCUT2D eigenvalue weighted by molar-refractivity contribution is 0.391. The van der Waals surface area contributed by atoms with E-state index < -0.39 is 0 Å². The maximum absolute atomic E-state index is 5.53. The van der Waals surface area contributed by atoms with Gasteiger partial charge in [-0.05, 0) is 26.0 Å². The highest BCUT2D eigenvalue weighted by Crippen LogP contribution is 2.29. The summed E-state index contributed by atoms with van der Waals surface area (Å²) < 4.78 is 12.6. The van der Waals surface area contributed by atoms with Gasteiger partial charge in [-0.1, -0.05) is 0 Å². The Morgan fingerprint density at radius 1 is 1.16 bits per heavy atom. The number of nitrogens with zero attached hydrogens (tertiary/aromatic N) is 5. The van der Waals surface area contributed by atoms with E-state index in [-0.39, 0.29) is 0 Å². The van der Waals surface area contributed by atoms with Crippen molar-refractivity contribution in [3.05, 3.63) is 35.8 Å². The summed E-state index contributed by atoms with van der Waals surface area (Å²) in [6.45, 7) is 5.48. The molecule has 7 heteroatoms. The van der Waals surface area contributed by atoms with Crippen molar-refractivity contribution in [3.63, 3.8) is 0 Å². The topological polar surface area (TPSA) is 65.3 Å². The third kappa shape index (κ3) is 3.22. The molecule has 0 saturated heterocycles. The molecule has 0 amide bonds. The Hall–Kier alpha value is -2.83. The average Bonchev–Trinajstić information content (AvgIpc) is 3.00. The molecule has 0 bridgehead atoms. The Morgan fingerprint density at radius 3 is 2.64 bits per heavy atom. The van der Waals surface area contributed by atoms with Gasteiger partial charge in [-0.25, -0.2) is 9.97 Å². The minimum Gasteiger partial charge on any atom is -0.497 e. The van der Waals surface area contributed by atoms with E-state index in [0.717, 1.165) is 46.3 Å². The van der Waals surface area contributed by atoms with Crippen molar-refractivity contribution in [1.82, 2.24) is 19.7 Å². The van der Waals surface area contributed by atoms with Gasteiger partial charge in [-0.2, -0.15) is 5.10 Å². The van der Waals surface area contributed by atoms with Crippen molar-refractivity contribution in [3.8, 4) is 11.5 Å². The highest BCUT2D eigenvalue weighted by Gasteiger charge is 2.17. The standard InChI is InChI=1S/C18H23N5O2/c1-6-23(11-13-7-8-14(24-4)9-16(13)25-5)18-15-10-19-22(3)17(15)20-12(2)21-18/h7-10H,6,11H2,1-5H3. The number of aromatic nitrogens is 4. The number of benzene rings is 1. The van der Waals surface area contributed by atoms with E-state index in [4.69, 9.17) is 9.47 Å². The quantitative estimate of drug-likeness (QED) is 0.687. The van der Waals surface area contributed by atoms with Crippen LogP contribution in [0.4, 0.5) is 5.82 Å². The van der Waals surface area contributed by atoms with Crippen LogP contribution in [0.5, 0.6) is 11.5 Å². The predicted molar refractivity (Wildman–Crippen MR) is 97.3 cm³/mol. The van der Waals surface area contributed by atoms with Crippen LogP contribution in [0.1, 0.15) is 18.3 Å². The summed E-state index contributed by atoms with van der Waals surface area (Å²) in [4.78, 5) is 11.4. The normalized spacial score (nSPS) is 10.9. The number of anilines is 1. The number of aryl methyl sites for hydroxylation is 2. The number of hydrogen-bond donors (Lipinski definition) is 0. The Balaban J connectivity index is 2.02. The largest absolute Gasteiger partial charge is 0.497 e. The van der Waals surface area contributed by atoms with E-state index in [1.54, 1.807) is 18.9 Å². The third-order valence-corrected chi connectivity index (χ3v) is 4.22. The van der Waals surface area contributed by atoms with E-state index >= 15 is 0 Å². The van der Waals surface area contributed by atoms with Gasteiger partial charge in [0.15, 0.2) is 5.65 Å². The molecule has 0 fully saturated rings. The molecule has 2 heterocycles. The zero-order valence-corrected chi connectivity index (χ0v) is 15.3. The van der Waals surface area contributed by atoms with Gasteiger partial charge >= 0.3 is 0 Å². The molecule has 7 nitrogen and oxygen atoms in total.